The maximum atomic E-state index is 14.5. The number of nitrogens with zero attached hydrogens (tertiary/aromatic N) is 3. The monoisotopic (exact) mass is 774 g/mol. The lowest BCUT2D eigenvalue weighted by molar-refractivity contribution is 0.0275. The Morgan fingerprint density at radius 1 is 0.821 bits per heavy atom. The number of amides is 3. The van der Waals surface area contributed by atoms with Crippen molar-refractivity contribution < 1.29 is 46.9 Å². The first kappa shape index (κ1) is 39.9. The van der Waals surface area contributed by atoms with Gasteiger partial charge in [0.1, 0.15) is 29.4 Å². The first-order chi connectivity index (χ1) is 26.4. The quantitative estimate of drug-likeness (QED) is 0.182. The second-order valence-electron chi connectivity index (χ2n) is 16.1. The number of anilines is 1. The Bertz CT molecular complexity index is 2120. The standard InChI is InChI=1S/C42H45F3N4O7/c1-41(2,3)36-35(16-18-49(36)39(51)52)55-38-31(25-9-13-32(44)33(45)20-25)19-26(22-46-38)37(50)47-28-12-14-34(30(21-28)24-7-10-27(43)11-8-24)54-29-15-17-48(23-29)40(53)56-42(4,5)6/h7-14,19-22,29,35-36H,15-18,23H2,1-6H3,(H,47,50)(H,51,52)/t29-,35?,36?/m0/s1. The third kappa shape index (κ3) is 9.18. The van der Waals surface area contributed by atoms with Crippen molar-refractivity contribution in [3.05, 3.63) is 95.9 Å². The number of nitrogens with one attached hydrogen (secondary N) is 1. The van der Waals surface area contributed by atoms with Crippen LogP contribution in [0.3, 0.4) is 0 Å². The molecule has 2 unspecified atom stereocenters. The molecule has 0 bridgehead atoms. The molecule has 0 radical (unpaired) electrons. The van der Waals surface area contributed by atoms with Crippen molar-refractivity contribution in [2.24, 2.45) is 5.41 Å². The summed E-state index contributed by atoms with van der Waals surface area (Å²) >= 11 is 0. The molecule has 296 valence electrons. The van der Waals surface area contributed by atoms with Crippen LogP contribution in [0.5, 0.6) is 11.6 Å². The van der Waals surface area contributed by atoms with Gasteiger partial charge in [-0.15, -0.1) is 0 Å². The summed E-state index contributed by atoms with van der Waals surface area (Å²) in [7, 11) is 0. The van der Waals surface area contributed by atoms with Gasteiger partial charge in [0, 0.05) is 48.9 Å². The molecule has 2 fully saturated rings. The molecule has 3 amide bonds. The minimum Gasteiger partial charge on any atom is -0.488 e. The number of benzene rings is 3. The van der Waals surface area contributed by atoms with Crippen LogP contribution in [0.25, 0.3) is 22.3 Å². The SMILES string of the molecule is CC(C)(C)OC(=O)N1CC[C@H](Oc2ccc(NC(=O)c3cnc(OC4CCN(C(=O)O)C4C(C)(C)C)c(-c4ccc(F)c(F)c4)c3)cc2-c2ccc(F)cc2)C1. The number of likely N-dealkylation sites (tertiary alicyclic amines) is 2. The van der Waals surface area contributed by atoms with Crippen molar-refractivity contribution >= 4 is 23.8 Å². The lowest BCUT2D eigenvalue weighted by atomic mass is 9.84. The molecule has 1 aromatic heterocycles. The molecule has 3 heterocycles. The second-order valence-corrected chi connectivity index (χ2v) is 16.1. The summed E-state index contributed by atoms with van der Waals surface area (Å²) in [6.45, 7) is 12.1. The van der Waals surface area contributed by atoms with Crippen LogP contribution in [0.15, 0.2) is 72.9 Å². The predicted octanol–water partition coefficient (Wildman–Crippen LogP) is 9.02. The number of rotatable bonds is 8. The van der Waals surface area contributed by atoms with E-state index >= 15 is 0 Å². The van der Waals surface area contributed by atoms with Crippen LogP contribution in [0.2, 0.25) is 0 Å². The average molecular weight is 775 g/mol. The lowest BCUT2D eigenvalue weighted by Gasteiger charge is -2.36. The van der Waals surface area contributed by atoms with E-state index in [0.29, 0.717) is 48.5 Å². The maximum Gasteiger partial charge on any atom is 0.410 e. The third-order valence-electron chi connectivity index (χ3n) is 9.57. The molecule has 2 saturated heterocycles. The summed E-state index contributed by atoms with van der Waals surface area (Å²) < 4.78 is 60.7. The van der Waals surface area contributed by atoms with Crippen molar-refractivity contribution in [3.8, 4) is 33.9 Å². The van der Waals surface area contributed by atoms with Gasteiger partial charge in [0.05, 0.1) is 18.2 Å². The van der Waals surface area contributed by atoms with Gasteiger partial charge in [-0.25, -0.2) is 27.7 Å². The van der Waals surface area contributed by atoms with Gasteiger partial charge in [-0.1, -0.05) is 39.0 Å². The number of halogens is 3. The number of carbonyl (C=O) groups excluding carboxylic acids is 2. The molecule has 0 spiro atoms. The minimum atomic E-state index is -1.11. The molecule has 11 nitrogen and oxygen atoms in total. The van der Waals surface area contributed by atoms with Crippen LogP contribution < -0.4 is 14.8 Å². The Labute approximate surface area is 323 Å². The number of hydrogen-bond acceptors (Lipinski definition) is 7. The topological polar surface area (TPSA) is 131 Å². The number of ether oxygens (including phenoxy) is 3. The fourth-order valence-electron chi connectivity index (χ4n) is 7.08. The summed E-state index contributed by atoms with van der Waals surface area (Å²) in [6, 6.07) is 15.0. The fourth-order valence-corrected chi connectivity index (χ4v) is 7.08. The Morgan fingerprint density at radius 3 is 2.20 bits per heavy atom. The molecule has 3 aromatic carbocycles. The van der Waals surface area contributed by atoms with E-state index in [-0.39, 0.29) is 35.2 Å². The van der Waals surface area contributed by atoms with Gasteiger partial charge < -0.3 is 34.4 Å². The molecular weight excluding hydrogens is 729 g/mol. The van der Waals surface area contributed by atoms with Gasteiger partial charge >= 0.3 is 12.2 Å². The van der Waals surface area contributed by atoms with E-state index < -0.39 is 58.7 Å². The van der Waals surface area contributed by atoms with Crippen LogP contribution in [0.1, 0.15) is 64.7 Å². The highest BCUT2D eigenvalue weighted by molar-refractivity contribution is 6.05. The van der Waals surface area contributed by atoms with Crippen LogP contribution in [0.4, 0.5) is 28.4 Å². The van der Waals surface area contributed by atoms with Gasteiger partial charge in [-0.05, 0) is 85.8 Å². The molecule has 3 atom stereocenters. The zero-order chi connectivity index (χ0) is 40.5. The van der Waals surface area contributed by atoms with Crippen LogP contribution in [-0.4, -0.2) is 81.5 Å². The highest BCUT2D eigenvalue weighted by Gasteiger charge is 2.46. The van der Waals surface area contributed by atoms with E-state index in [1.54, 1.807) is 56.0 Å². The first-order valence-corrected chi connectivity index (χ1v) is 18.3. The van der Waals surface area contributed by atoms with Crippen LogP contribution >= 0.6 is 0 Å². The largest absolute Gasteiger partial charge is 0.488 e. The molecule has 6 rings (SSSR count). The lowest BCUT2D eigenvalue weighted by Crippen LogP contribution is -2.48. The molecule has 14 heteroatoms. The summed E-state index contributed by atoms with van der Waals surface area (Å²) in [6.07, 6.45) is -0.255. The Kier molecular flexibility index (Phi) is 11.2. The zero-order valence-electron chi connectivity index (χ0n) is 32.1. The number of carboxylic acid groups (broad SMARTS) is 1. The Morgan fingerprint density at radius 2 is 1.54 bits per heavy atom. The highest BCUT2D eigenvalue weighted by atomic mass is 19.2. The summed E-state index contributed by atoms with van der Waals surface area (Å²) in [4.78, 5) is 45.9. The molecular formula is C42H45F3N4O7. The second kappa shape index (κ2) is 15.8. The molecule has 2 aliphatic rings. The summed E-state index contributed by atoms with van der Waals surface area (Å²) in [5.41, 5.74) is 0.853. The van der Waals surface area contributed by atoms with Crippen molar-refractivity contribution in [1.29, 1.82) is 0 Å². The number of hydrogen-bond donors (Lipinski definition) is 2. The molecule has 56 heavy (non-hydrogen) atoms. The van der Waals surface area contributed by atoms with Crippen molar-refractivity contribution in [2.45, 2.75) is 78.2 Å². The van der Waals surface area contributed by atoms with Gasteiger partial charge in [-0.2, -0.15) is 0 Å². The van der Waals surface area contributed by atoms with Crippen molar-refractivity contribution in [1.82, 2.24) is 14.8 Å². The molecule has 2 N–H and O–H groups in total. The first-order valence-electron chi connectivity index (χ1n) is 18.3. The third-order valence-corrected chi connectivity index (χ3v) is 9.57. The van der Waals surface area contributed by atoms with E-state index in [0.717, 1.165) is 12.1 Å². The number of aromatic nitrogens is 1. The van der Waals surface area contributed by atoms with Crippen LogP contribution in [0, 0.1) is 22.9 Å². The van der Waals surface area contributed by atoms with Crippen molar-refractivity contribution in [2.75, 3.05) is 25.0 Å². The van der Waals surface area contributed by atoms with E-state index in [1.807, 2.05) is 20.8 Å². The van der Waals surface area contributed by atoms with Gasteiger partial charge in [0.25, 0.3) is 5.91 Å². The van der Waals surface area contributed by atoms with E-state index in [9.17, 15) is 32.7 Å². The molecule has 0 saturated carbocycles. The average Bonchev–Trinajstić information content (AvgIpc) is 3.78. The summed E-state index contributed by atoms with van der Waals surface area (Å²) in [5, 5.41) is 12.7. The minimum absolute atomic E-state index is 0.0243. The van der Waals surface area contributed by atoms with E-state index in [4.69, 9.17) is 14.2 Å². The fraction of sp³-hybridized carbons (Fsp3) is 0.381. The van der Waals surface area contributed by atoms with Gasteiger partial charge in [0.2, 0.25) is 5.88 Å². The number of pyridine rings is 1. The zero-order valence-corrected chi connectivity index (χ0v) is 32.1. The number of carbonyl (C=O) groups is 3. The van der Waals surface area contributed by atoms with Crippen LogP contribution in [-0.2, 0) is 4.74 Å². The van der Waals surface area contributed by atoms with E-state index in [1.165, 1.54) is 35.4 Å². The van der Waals surface area contributed by atoms with E-state index in [2.05, 4.69) is 10.3 Å². The van der Waals surface area contributed by atoms with Gasteiger partial charge in [0.15, 0.2) is 11.6 Å². The molecule has 2 aliphatic heterocycles. The predicted molar refractivity (Wildman–Crippen MR) is 203 cm³/mol. The Hall–Kier alpha value is -5.79. The smallest absolute Gasteiger partial charge is 0.410 e. The summed E-state index contributed by atoms with van der Waals surface area (Å²) in [5.74, 6) is -2.70. The Balaban J connectivity index is 1.28. The molecule has 0 aliphatic carbocycles. The highest BCUT2D eigenvalue weighted by Crippen LogP contribution is 2.39. The van der Waals surface area contributed by atoms with Crippen molar-refractivity contribution in [3.63, 3.8) is 0 Å². The normalized spacial score (nSPS) is 18.5. The van der Waals surface area contributed by atoms with Gasteiger partial charge in [-0.3, -0.25) is 4.79 Å². The maximum absolute atomic E-state index is 14.5. The molecule has 4 aromatic rings.